The molecule has 1 aliphatic rings. The van der Waals surface area contributed by atoms with E-state index in [-0.39, 0.29) is 11.8 Å². The fraction of sp³-hybridized carbons (Fsp3) is 0.500. The van der Waals surface area contributed by atoms with Gasteiger partial charge in [-0.05, 0) is 25.5 Å². The van der Waals surface area contributed by atoms with Crippen molar-refractivity contribution >= 4 is 40.5 Å². The first kappa shape index (κ1) is 16.8. The highest BCUT2D eigenvalue weighted by Gasteiger charge is 2.31. The highest BCUT2D eigenvalue weighted by atomic mass is 35.5. The zero-order valence-electron chi connectivity index (χ0n) is 12.4. The molecule has 0 aliphatic carbocycles. The Balaban J connectivity index is 1.84. The van der Waals surface area contributed by atoms with Gasteiger partial charge in [-0.1, -0.05) is 23.7 Å². The lowest BCUT2D eigenvalue weighted by Gasteiger charge is -2.15. The van der Waals surface area contributed by atoms with Crippen molar-refractivity contribution < 1.29 is 14.4 Å². The van der Waals surface area contributed by atoms with Gasteiger partial charge >= 0.3 is 0 Å². The van der Waals surface area contributed by atoms with Gasteiger partial charge < -0.3 is 15.5 Å². The van der Waals surface area contributed by atoms with E-state index < -0.39 is 12.1 Å². The normalized spacial score (nSPS) is 18.3. The standard InChI is InChI=1S/C14H18ClN3O3S/c1-3-6-16-13(19)8(2)17-14(20)10-7-9(18-21-10)11-4-5-12(15)22-11/h4-5,8,10H,3,6-7H2,1-2H3,(H,16,19)(H,17,20)/t8-,10-/m0/s1. The van der Waals surface area contributed by atoms with Crippen LogP contribution in [0.3, 0.4) is 0 Å². The Morgan fingerprint density at radius 3 is 2.95 bits per heavy atom. The Hall–Kier alpha value is -1.60. The molecule has 2 rings (SSSR count). The number of nitrogens with zero attached hydrogens (tertiary/aromatic N) is 1. The molecule has 1 aromatic heterocycles. The second-order valence-electron chi connectivity index (χ2n) is 4.96. The molecule has 2 atom stereocenters. The van der Waals surface area contributed by atoms with Gasteiger partial charge in [-0.3, -0.25) is 9.59 Å². The van der Waals surface area contributed by atoms with Crippen LogP contribution in [0.5, 0.6) is 0 Å². The highest BCUT2D eigenvalue weighted by molar-refractivity contribution is 7.18. The third-order valence-electron chi connectivity index (χ3n) is 3.12. The molecular weight excluding hydrogens is 326 g/mol. The molecule has 6 nitrogen and oxygen atoms in total. The fourth-order valence-corrected chi connectivity index (χ4v) is 2.94. The van der Waals surface area contributed by atoms with Crippen molar-refractivity contribution in [1.29, 1.82) is 0 Å². The second kappa shape index (κ2) is 7.60. The van der Waals surface area contributed by atoms with Crippen LogP contribution in [0.25, 0.3) is 0 Å². The molecule has 0 fully saturated rings. The average molecular weight is 344 g/mol. The smallest absolute Gasteiger partial charge is 0.264 e. The van der Waals surface area contributed by atoms with Gasteiger partial charge in [0.05, 0.1) is 9.21 Å². The van der Waals surface area contributed by atoms with Crippen LogP contribution >= 0.6 is 22.9 Å². The van der Waals surface area contributed by atoms with E-state index in [1.807, 2.05) is 13.0 Å². The molecule has 0 unspecified atom stereocenters. The van der Waals surface area contributed by atoms with Gasteiger partial charge in [-0.15, -0.1) is 11.3 Å². The van der Waals surface area contributed by atoms with Crippen molar-refractivity contribution in [3.8, 4) is 0 Å². The monoisotopic (exact) mass is 343 g/mol. The lowest BCUT2D eigenvalue weighted by atomic mass is 10.1. The minimum atomic E-state index is -0.711. The van der Waals surface area contributed by atoms with Crippen LogP contribution in [0.15, 0.2) is 17.3 Å². The number of nitrogens with one attached hydrogen (secondary N) is 2. The molecule has 2 heterocycles. The molecule has 22 heavy (non-hydrogen) atoms. The van der Waals surface area contributed by atoms with Crippen LogP contribution < -0.4 is 10.6 Å². The first-order valence-electron chi connectivity index (χ1n) is 7.07. The summed E-state index contributed by atoms with van der Waals surface area (Å²) in [5.41, 5.74) is 0.695. The summed E-state index contributed by atoms with van der Waals surface area (Å²) in [6.45, 7) is 4.19. The summed E-state index contributed by atoms with van der Waals surface area (Å²) in [5.74, 6) is -0.556. The van der Waals surface area contributed by atoms with Gasteiger partial charge in [0.15, 0.2) is 0 Å². The number of halogens is 1. The number of carbonyl (C=O) groups excluding carboxylic acids is 2. The molecule has 8 heteroatoms. The quantitative estimate of drug-likeness (QED) is 0.828. The number of thiophene rings is 1. The van der Waals surface area contributed by atoms with Crippen molar-refractivity contribution in [3.63, 3.8) is 0 Å². The molecule has 2 amide bonds. The number of hydrogen-bond acceptors (Lipinski definition) is 5. The fourth-order valence-electron chi connectivity index (χ4n) is 1.91. The summed E-state index contributed by atoms with van der Waals surface area (Å²) in [6.07, 6.45) is 0.502. The molecule has 0 bridgehead atoms. The van der Waals surface area contributed by atoms with E-state index in [4.69, 9.17) is 16.4 Å². The van der Waals surface area contributed by atoms with E-state index in [0.717, 1.165) is 11.3 Å². The maximum atomic E-state index is 12.1. The van der Waals surface area contributed by atoms with E-state index in [1.54, 1.807) is 13.0 Å². The summed E-state index contributed by atoms with van der Waals surface area (Å²) in [5, 5.41) is 9.30. The minimum Gasteiger partial charge on any atom is -0.382 e. The first-order valence-corrected chi connectivity index (χ1v) is 8.27. The van der Waals surface area contributed by atoms with Crippen LogP contribution in [0.4, 0.5) is 0 Å². The van der Waals surface area contributed by atoms with Crippen molar-refractivity contribution in [1.82, 2.24) is 10.6 Å². The van der Waals surface area contributed by atoms with Crippen LogP contribution in [0.1, 0.15) is 31.6 Å². The SMILES string of the molecule is CCCNC(=O)[C@H](C)NC(=O)[C@@H]1CC(c2ccc(Cl)s2)=NO1. The molecule has 120 valence electrons. The highest BCUT2D eigenvalue weighted by Crippen LogP contribution is 2.26. The predicted octanol–water partition coefficient (Wildman–Crippen LogP) is 1.93. The second-order valence-corrected chi connectivity index (χ2v) is 6.68. The van der Waals surface area contributed by atoms with Crippen molar-refractivity contribution in [2.24, 2.45) is 5.16 Å². The van der Waals surface area contributed by atoms with Crippen LogP contribution in [-0.2, 0) is 14.4 Å². The molecule has 0 saturated heterocycles. The number of rotatable bonds is 6. The Labute approximate surface area is 137 Å². The number of oxime groups is 1. The zero-order valence-corrected chi connectivity index (χ0v) is 14.0. The Morgan fingerprint density at radius 2 is 2.32 bits per heavy atom. The minimum absolute atomic E-state index is 0.209. The van der Waals surface area contributed by atoms with E-state index in [9.17, 15) is 9.59 Å². The summed E-state index contributed by atoms with van der Waals surface area (Å²) in [7, 11) is 0. The third kappa shape index (κ3) is 4.20. The third-order valence-corrected chi connectivity index (χ3v) is 4.40. The number of amides is 2. The van der Waals surface area contributed by atoms with E-state index >= 15 is 0 Å². The Bertz CT molecular complexity index is 588. The Morgan fingerprint density at radius 1 is 1.55 bits per heavy atom. The lowest BCUT2D eigenvalue weighted by molar-refractivity contribution is -0.135. The van der Waals surface area contributed by atoms with Gasteiger partial charge in [-0.25, -0.2) is 0 Å². The van der Waals surface area contributed by atoms with Crippen LogP contribution in [0.2, 0.25) is 4.34 Å². The van der Waals surface area contributed by atoms with Crippen molar-refractivity contribution in [2.75, 3.05) is 6.54 Å². The summed E-state index contributed by atoms with van der Waals surface area (Å²) >= 11 is 7.27. The molecule has 1 aromatic rings. The Kier molecular flexibility index (Phi) is 5.79. The van der Waals surface area contributed by atoms with E-state index in [2.05, 4.69) is 15.8 Å². The van der Waals surface area contributed by atoms with Crippen molar-refractivity contribution in [2.45, 2.75) is 38.8 Å². The van der Waals surface area contributed by atoms with Gasteiger partial charge in [-0.2, -0.15) is 0 Å². The topological polar surface area (TPSA) is 79.8 Å². The maximum Gasteiger partial charge on any atom is 0.264 e. The van der Waals surface area contributed by atoms with Gasteiger partial charge in [0, 0.05) is 13.0 Å². The molecular formula is C14H18ClN3O3S. The van der Waals surface area contributed by atoms with E-state index in [0.29, 0.717) is 23.0 Å². The predicted molar refractivity (Wildman–Crippen MR) is 86.3 cm³/mol. The largest absolute Gasteiger partial charge is 0.382 e. The molecule has 1 aliphatic heterocycles. The molecule has 2 N–H and O–H groups in total. The molecule has 0 aromatic carbocycles. The van der Waals surface area contributed by atoms with E-state index in [1.165, 1.54) is 11.3 Å². The first-order chi connectivity index (χ1) is 10.5. The molecule has 0 saturated carbocycles. The number of carbonyl (C=O) groups is 2. The van der Waals surface area contributed by atoms with Crippen LogP contribution in [-0.4, -0.2) is 36.2 Å². The lowest BCUT2D eigenvalue weighted by Crippen LogP contribution is -2.48. The van der Waals surface area contributed by atoms with Gasteiger partial charge in [0.1, 0.15) is 11.8 Å². The summed E-state index contributed by atoms with van der Waals surface area (Å²) < 4.78 is 0.659. The summed E-state index contributed by atoms with van der Waals surface area (Å²) in [4.78, 5) is 29.9. The van der Waals surface area contributed by atoms with Gasteiger partial charge in [0.25, 0.3) is 5.91 Å². The van der Waals surface area contributed by atoms with Crippen LogP contribution in [0, 0.1) is 0 Å². The van der Waals surface area contributed by atoms with Crippen molar-refractivity contribution in [3.05, 3.63) is 21.3 Å². The maximum absolute atomic E-state index is 12.1. The summed E-state index contributed by atoms with van der Waals surface area (Å²) in [6, 6.07) is 3.01. The molecule has 0 spiro atoms. The zero-order chi connectivity index (χ0) is 16.1. The average Bonchev–Trinajstić information content (AvgIpc) is 3.13. The van der Waals surface area contributed by atoms with Gasteiger partial charge in [0.2, 0.25) is 12.0 Å². The molecule has 0 radical (unpaired) electrons. The number of hydrogen-bond donors (Lipinski definition) is 2.